The van der Waals surface area contributed by atoms with Gasteiger partial charge >= 0.3 is 12.5 Å². The van der Waals surface area contributed by atoms with Gasteiger partial charge in [0.05, 0.1) is 11.0 Å². The van der Waals surface area contributed by atoms with Crippen LogP contribution in [0.15, 0.2) is 18.2 Å². The van der Waals surface area contributed by atoms with E-state index in [1.54, 1.807) is 0 Å². The van der Waals surface area contributed by atoms with Crippen LogP contribution in [0.25, 0.3) is 11.0 Å². The van der Waals surface area contributed by atoms with Crippen molar-refractivity contribution in [3.05, 3.63) is 24.0 Å². The molecule has 0 atom stereocenters. The Morgan fingerprint density at radius 2 is 1.72 bits per heavy atom. The molecule has 0 fully saturated rings. The van der Waals surface area contributed by atoms with Crippen LogP contribution in [-0.2, 0) is 6.18 Å². The number of imidazole rings is 1. The van der Waals surface area contributed by atoms with Crippen molar-refractivity contribution >= 4 is 11.0 Å². The fourth-order valence-electron chi connectivity index (χ4n) is 1.32. The van der Waals surface area contributed by atoms with Crippen molar-refractivity contribution in [2.75, 3.05) is 0 Å². The second-order valence-electron chi connectivity index (χ2n) is 3.31. The molecule has 1 aromatic carbocycles. The van der Waals surface area contributed by atoms with Crippen molar-refractivity contribution in [1.29, 1.82) is 0 Å². The van der Waals surface area contributed by atoms with E-state index in [2.05, 4.69) is 9.72 Å². The van der Waals surface area contributed by atoms with E-state index in [0.717, 1.165) is 18.2 Å². The third-order valence-corrected chi connectivity index (χ3v) is 1.96. The average Bonchev–Trinajstić information content (AvgIpc) is 2.57. The van der Waals surface area contributed by atoms with E-state index in [1.165, 1.54) is 0 Å². The number of nitrogens with one attached hydrogen (secondary N) is 1. The van der Waals surface area contributed by atoms with Gasteiger partial charge in [-0.25, -0.2) is 4.98 Å². The molecule has 0 aliphatic heterocycles. The Labute approximate surface area is 95.4 Å². The third kappa shape index (κ3) is 2.66. The number of halogens is 6. The van der Waals surface area contributed by atoms with Crippen LogP contribution in [-0.4, -0.2) is 16.3 Å². The van der Waals surface area contributed by atoms with Gasteiger partial charge in [-0.15, -0.1) is 13.2 Å². The van der Waals surface area contributed by atoms with E-state index in [1.807, 2.05) is 4.98 Å². The topological polar surface area (TPSA) is 37.9 Å². The largest absolute Gasteiger partial charge is 0.573 e. The lowest BCUT2D eigenvalue weighted by Gasteiger charge is -2.07. The minimum Gasteiger partial charge on any atom is -0.406 e. The summed E-state index contributed by atoms with van der Waals surface area (Å²) >= 11 is 0. The minimum atomic E-state index is -4.91. The smallest absolute Gasteiger partial charge is 0.406 e. The SMILES string of the molecule is FC(F)(F)Oc1ccc2[nH]c(C(F)(F)F)nc2c1. The fraction of sp³-hybridized carbons (Fsp3) is 0.222. The van der Waals surface area contributed by atoms with Crippen molar-refractivity contribution in [2.45, 2.75) is 12.5 Å². The van der Waals surface area contributed by atoms with Crippen molar-refractivity contribution < 1.29 is 31.1 Å². The highest BCUT2D eigenvalue weighted by Crippen LogP contribution is 2.30. The molecule has 1 heterocycles. The number of H-pyrrole nitrogens is 1. The molecule has 0 aliphatic rings. The number of hydrogen-bond donors (Lipinski definition) is 1. The number of nitrogens with zero attached hydrogens (tertiary/aromatic N) is 1. The number of aromatic nitrogens is 2. The molecular formula is C9H4F6N2O. The first-order valence-electron chi connectivity index (χ1n) is 4.48. The number of ether oxygens (including phenoxy) is 1. The van der Waals surface area contributed by atoms with Crippen molar-refractivity contribution in [3.8, 4) is 5.75 Å². The van der Waals surface area contributed by atoms with E-state index in [-0.39, 0.29) is 11.0 Å². The number of fused-ring (bicyclic) bond motifs is 1. The van der Waals surface area contributed by atoms with Gasteiger partial charge in [0.15, 0.2) is 0 Å². The second-order valence-corrected chi connectivity index (χ2v) is 3.31. The van der Waals surface area contributed by atoms with E-state index in [4.69, 9.17) is 0 Å². The number of alkyl halides is 6. The van der Waals surface area contributed by atoms with Gasteiger partial charge in [-0.3, -0.25) is 0 Å². The number of aromatic amines is 1. The Morgan fingerprint density at radius 3 is 2.28 bits per heavy atom. The Hall–Kier alpha value is -1.93. The Balaban J connectivity index is 2.40. The van der Waals surface area contributed by atoms with E-state index >= 15 is 0 Å². The first-order chi connectivity index (χ1) is 8.15. The molecule has 0 spiro atoms. The lowest BCUT2D eigenvalue weighted by molar-refractivity contribution is -0.274. The zero-order valence-corrected chi connectivity index (χ0v) is 8.36. The molecule has 0 unspecified atom stereocenters. The summed E-state index contributed by atoms with van der Waals surface area (Å²) in [7, 11) is 0. The monoisotopic (exact) mass is 270 g/mol. The van der Waals surface area contributed by atoms with Crippen molar-refractivity contribution in [2.24, 2.45) is 0 Å². The molecule has 98 valence electrons. The maximum Gasteiger partial charge on any atom is 0.573 e. The van der Waals surface area contributed by atoms with E-state index in [9.17, 15) is 26.3 Å². The highest BCUT2D eigenvalue weighted by atomic mass is 19.4. The first-order valence-corrected chi connectivity index (χ1v) is 4.48. The van der Waals surface area contributed by atoms with E-state index < -0.39 is 24.1 Å². The molecule has 2 aromatic rings. The predicted molar refractivity (Wildman–Crippen MR) is 47.8 cm³/mol. The highest BCUT2D eigenvalue weighted by molar-refractivity contribution is 5.76. The summed E-state index contributed by atoms with van der Waals surface area (Å²) in [4.78, 5) is 5.10. The molecule has 0 saturated heterocycles. The molecular weight excluding hydrogens is 266 g/mol. The molecule has 9 heteroatoms. The third-order valence-electron chi connectivity index (χ3n) is 1.96. The van der Waals surface area contributed by atoms with Gasteiger partial charge in [0.25, 0.3) is 0 Å². The minimum absolute atomic E-state index is 0.0307. The van der Waals surface area contributed by atoms with Crippen molar-refractivity contribution in [1.82, 2.24) is 9.97 Å². The maximum absolute atomic E-state index is 12.3. The summed E-state index contributed by atoms with van der Waals surface area (Å²) in [5.41, 5.74) is -0.291. The molecule has 18 heavy (non-hydrogen) atoms. The zero-order valence-electron chi connectivity index (χ0n) is 8.36. The van der Waals surface area contributed by atoms with Gasteiger partial charge in [0, 0.05) is 6.07 Å². The van der Waals surface area contributed by atoms with Crippen LogP contribution in [0.3, 0.4) is 0 Å². The standard InChI is InChI=1S/C9H4F6N2O/c10-8(11,12)7-16-5-2-1-4(3-6(5)17-7)18-9(13,14)15/h1-3H,(H,16,17). The molecule has 3 nitrogen and oxygen atoms in total. The number of benzene rings is 1. The molecule has 0 bridgehead atoms. The summed E-state index contributed by atoms with van der Waals surface area (Å²) in [6, 6.07) is 2.70. The van der Waals surface area contributed by atoms with Gasteiger partial charge in [0.1, 0.15) is 5.75 Å². The normalized spacial score (nSPS) is 13.0. The average molecular weight is 270 g/mol. The quantitative estimate of drug-likeness (QED) is 0.805. The fourth-order valence-corrected chi connectivity index (χ4v) is 1.32. The van der Waals surface area contributed by atoms with Crippen LogP contribution in [0.4, 0.5) is 26.3 Å². The molecule has 0 amide bonds. The van der Waals surface area contributed by atoms with Crippen LogP contribution < -0.4 is 4.74 Å². The van der Waals surface area contributed by atoms with Crippen LogP contribution in [0.2, 0.25) is 0 Å². The Bertz CT molecular complexity index is 570. The maximum atomic E-state index is 12.3. The summed E-state index contributed by atoms with van der Waals surface area (Å²) in [5, 5.41) is 0. The zero-order chi connectivity index (χ0) is 13.6. The van der Waals surface area contributed by atoms with Gasteiger partial charge in [0.2, 0.25) is 5.82 Å². The summed E-state index contributed by atoms with van der Waals surface area (Å²) in [6.45, 7) is 0. The van der Waals surface area contributed by atoms with Gasteiger partial charge in [-0.1, -0.05) is 0 Å². The molecule has 0 saturated carbocycles. The number of rotatable bonds is 1. The van der Waals surface area contributed by atoms with Crippen LogP contribution in [0.1, 0.15) is 5.82 Å². The first kappa shape index (κ1) is 12.5. The van der Waals surface area contributed by atoms with Crippen LogP contribution in [0, 0.1) is 0 Å². The second kappa shape index (κ2) is 3.79. The highest BCUT2D eigenvalue weighted by Gasteiger charge is 2.35. The molecule has 2 rings (SSSR count). The van der Waals surface area contributed by atoms with Crippen molar-refractivity contribution in [3.63, 3.8) is 0 Å². The number of hydrogen-bond acceptors (Lipinski definition) is 2. The summed E-state index contributed by atoms with van der Waals surface area (Å²) in [5.74, 6) is -1.91. The Morgan fingerprint density at radius 1 is 1.06 bits per heavy atom. The summed E-state index contributed by atoms with van der Waals surface area (Å²) < 4.78 is 76.2. The molecule has 0 radical (unpaired) electrons. The van der Waals surface area contributed by atoms with Gasteiger partial charge < -0.3 is 9.72 Å². The summed E-state index contributed by atoms with van der Waals surface area (Å²) in [6.07, 6.45) is -9.60. The van der Waals surface area contributed by atoms with Gasteiger partial charge in [-0.2, -0.15) is 13.2 Å². The molecule has 0 aliphatic carbocycles. The van der Waals surface area contributed by atoms with Crippen LogP contribution >= 0.6 is 0 Å². The lowest BCUT2D eigenvalue weighted by atomic mass is 10.3. The van der Waals surface area contributed by atoms with Gasteiger partial charge in [-0.05, 0) is 12.1 Å². The van der Waals surface area contributed by atoms with Crippen LogP contribution in [0.5, 0.6) is 5.75 Å². The molecule has 1 aromatic heterocycles. The molecule has 1 N–H and O–H groups in total. The van der Waals surface area contributed by atoms with E-state index in [0.29, 0.717) is 0 Å². The predicted octanol–water partition coefficient (Wildman–Crippen LogP) is 3.48. The lowest BCUT2D eigenvalue weighted by Crippen LogP contribution is -2.16. The Kier molecular flexibility index (Phi) is 2.63.